The van der Waals surface area contributed by atoms with Crippen molar-refractivity contribution in [2.45, 2.75) is 26.3 Å². The lowest BCUT2D eigenvalue weighted by Gasteiger charge is -2.15. The summed E-state index contributed by atoms with van der Waals surface area (Å²) in [6.45, 7) is 4.29. The standard InChI is InChI=1S/C12H18N4O2/c1-3-6-15-12(18)8(2)16-11-9(10(13)17)5-4-7-14-11/h4-5,7-8H,3,6H2,1-2H3,(H2,13,17)(H,14,16)(H,15,18). The fourth-order valence-electron chi connectivity index (χ4n) is 1.39. The van der Waals surface area contributed by atoms with Gasteiger partial charge in [0, 0.05) is 12.7 Å². The van der Waals surface area contributed by atoms with Crippen LogP contribution in [0.4, 0.5) is 5.82 Å². The first kappa shape index (κ1) is 14.0. The van der Waals surface area contributed by atoms with E-state index in [2.05, 4.69) is 15.6 Å². The van der Waals surface area contributed by atoms with Crippen molar-refractivity contribution in [1.29, 1.82) is 0 Å². The van der Waals surface area contributed by atoms with Crippen molar-refractivity contribution in [3.63, 3.8) is 0 Å². The minimum Gasteiger partial charge on any atom is -0.365 e. The summed E-state index contributed by atoms with van der Waals surface area (Å²) in [6.07, 6.45) is 2.40. The van der Waals surface area contributed by atoms with Crippen LogP contribution in [-0.2, 0) is 4.79 Å². The molecule has 0 bridgehead atoms. The van der Waals surface area contributed by atoms with Gasteiger partial charge in [0.25, 0.3) is 5.91 Å². The Morgan fingerprint density at radius 1 is 1.50 bits per heavy atom. The summed E-state index contributed by atoms with van der Waals surface area (Å²) in [4.78, 5) is 26.9. The Balaban J connectivity index is 2.72. The van der Waals surface area contributed by atoms with Crippen molar-refractivity contribution in [3.8, 4) is 0 Å². The first-order valence-electron chi connectivity index (χ1n) is 5.85. The van der Waals surface area contributed by atoms with Gasteiger partial charge in [-0.15, -0.1) is 0 Å². The molecule has 4 N–H and O–H groups in total. The van der Waals surface area contributed by atoms with Gasteiger partial charge in [-0.05, 0) is 25.5 Å². The van der Waals surface area contributed by atoms with Gasteiger partial charge in [0.05, 0.1) is 5.56 Å². The highest BCUT2D eigenvalue weighted by molar-refractivity contribution is 5.98. The molecule has 98 valence electrons. The van der Waals surface area contributed by atoms with Crippen LogP contribution in [0.25, 0.3) is 0 Å². The van der Waals surface area contributed by atoms with E-state index in [9.17, 15) is 9.59 Å². The van der Waals surface area contributed by atoms with Crippen LogP contribution in [0.1, 0.15) is 30.6 Å². The van der Waals surface area contributed by atoms with Crippen molar-refractivity contribution in [2.24, 2.45) is 5.73 Å². The summed E-state index contributed by atoms with van der Waals surface area (Å²) >= 11 is 0. The fourth-order valence-corrected chi connectivity index (χ4v) is 1.39. The Morgan fingerprint density at radius 3 is 2.83 bits per heavy atom. The maximum Gasteiger partial charge on any atom is 0.252 e. The molecule has 1 heterocycles. The van der Waals surface area contributed by atoms with Crippen LogP contribution in [0.15, 0.2) is 18.3 Å². The Hall–Kier alpha value is -2.11. The number of amides is 2. The highest BCUT2D eigenvalue weighted by Gasteiger charge is 2.15. The van der Waals surface area contributed by atoms with E-state index < -0.39 is 11.9 Å². The summed E-state index contributed by atoms with van der Waals surface area (Å²) in [5, 5.41) is 5.63. The van der Waals surface area contributed by atoms with Crippen LogP contribution < -0.4 is 16.4 Å². The van der Waals surface area contributed by atoms with Crippen molar-refractivity contribution >= 4 is 17.6 Å². The largest absolute Gasteiger partial charge is 0.365 e. The summed E-state index contributed by atoms with van der Waals surface area (Å²) in [5.74, 6) is -0.395. The Bertz CT molecular complexity index is 434. The lowest BCUT2D eigenvalue weighted by molar-refractivity contribution is -0.121. The van der Waals surface area contributed by atoms with Crippen LogP contribution >= 0.6 is 0 Å². The van der Waals surface area contributed by atoms with Crippen LogP contribution in [0.3, 0.4) is 0 Å². The van der Waals surface area contributed by atoms with Crippen LogP contribution in [0.5, 0.6) is 0 Å². The van der Waals surface area contributed by atoms with E-state index in [1.54, 1.807) is 19.1 Å². The van der Waals surface area contributed by atoms with Crippen LogP contribution in [0, 0.1) is 0 Å². The Morgan fingerprint density at radius 2 is 2.22 bits per heavy atom. The summed E-state index contributed by atoms with van der Waals surface area (Å²) in [6, 6.07) is 2.70. The van der Waals surface area contributed by atoms with Gasteiger partial charge in [-0.2, -0.15) is 0 Å². The number of rotatable bonds is 6. The molecule has 0 aliphatic carbocycles. The third kappa shape index (κ3) is 3.73. The lowest BCUT2D eigenvalue weighted by Crippen LogP contribution is -2.38. The molecule has 0 aliphatic rings. The number of hydrogen-bond acceptors (Lipinski definition) is 4. The molecule has 1 unspecified atom stereocenters. The molecule has 1 atom stereocenters. The number of hydrogen-bond donors (Lipinski definition) is 3. The fraction of sp³-hybridized carbons (Fsp3) is 0.417. The van der Waals surface area contributed by atoms with Crippen molar-refractivity contribution in [3.05, 3.63) is 23.9 Å². The van der Waals surface area contributed by atoms with E-state index in [1.807, 2.05) is 6.92 Å². The molecule has 0 fully saturated rings. The maximum absolute atomic E-state index is 11.7. The molecule has 0 aromatic carbocycles. The number of aromatic nitrogens is 1. The highest BCUT2D eigenvalue weighted by atomic mass is 16.2. The predicted molar refractivity (Wildman–Crippen MR) is 69.1 cm³/mol. The zero-order valence-electron chi connectivity index (χ0n) is 10.6. The summed E-state index contributed by atoms with van der Waals surface area (Å²) in [5.41, 5.74) is 5.50. The molecule has 0 saturated heterocycles. The second kappa shape index (κ2) is 6.58. The molecule has 0 saturated carbocycles. The van der Waals surface area contributed by atoms with Gasteiger partial charge in [0.1, 0.15) is 11.9 Å². The number of nitrogens with two attached hydrogens (primary N) is 1. The first-order valence-corrected chi connectivity index (χ1v) is 5.85. The molecule has 6 nitrogen and oxygen atoms in total. The second-order valence-corrected chi connectivity index (χ2v) is 3.92. The lowest BCUT2D eigenvalue weighted by atomic mass is 10.2. The number of anilines is 1. The average Bonchev–Trinajstić information content (AvgIpc) is 2.36. The molecular weight excluding hydrogens is 232 g/mol. The molecule has 18 heavy (non-hydrogen) atoms. The van der Waals surface area contributed by atoms with E-state index >= 15 is 0 Å². The van der Waals surface area contributed by atoms with E-state index in [-0.39, 0.29) is 11.5 Å². The number of pyridine rings is 1. The van der Waals surface area contributed by atoms with Gasteiger partial charge in [0.2, 0.25) is 5.91 Å². The predicted octanol–water partition coefficient (Wildman–Crippen LogP) is 0.507. The van der Waals surface area contributed by atoms with E-state index in [4.69, 9.17) is 5.73 Å². The molecule has 1 rings (SSSR count). The van der Waals surface area contributed by atoms with E-state index in [1.165, 1.54) is 6.20 Å². The normalized spacial score (nSPS) is 11.7. The van der Waals surface area contributed by atoms with Gasteiger partial charge in [-0.25, -0.2) is 4.98 Å². The third-order valence-corrected chi connectivity index (χ3v) is 2.37. The molecule has 1 aromatic heterocycles. The SMILES string of the molecule is CCCNC(=O)C(C)Nc1ncccc1C(N)=O. The number of carbonyl (C=O) groups excluding carboxylic acids is 2. The third-order valence-electron chi connectivity index (χ3n) is 2.37. The molecule has 0 aliphatic heterocycles. The van der Waals surface area contributed by atoms with Gasteiger partial charge in [-0.3, -0.25) is 9.59 Å². The minimum absolute atomic E-state index is 0.141. The first-order chi connectivity index (χ1) is 8.56. The zero-order chi connectivity index (χ0) is 13.5. The average molecular weight is 250 g/mol. The van der Waals surface area contributed by atoms with Crippen LogP contribution in [-0.4, -0.2) is 29.4 Å². The number of nitrogens with zero attached hydrogens (tertiary/aromatic N) is 1. The highest BCUT2D eigenvalue weighted by Crippen LogP contribution is 2.11. The van der Waals surface area contributed by atoms with Crippen molar-refractivity contribution in [2.75, 3.05) is 11.9 Å². The van der Waals surface area contributed by atoms with E-state index in [0.29, 0.717) is 12.4 Å². The molecule has 6 heteroatoms. The molecule has 0 radical (unpaired) electrons. The topological polar surface area (TPSA) is 97.1 Å². The maximum atomic E-state index is 11.7. The molecular formula is C12H18N4O2. The Kier molecular flexibility index (Phi) is 5.10. The molecule has 1 aromatic rings. The van der Waals surface area contributed by atoms with Gasteiger partial charge < -0.3 is 16.4 Å². The van der Waals surface area contributed by atoms with E-state index in [0.717, 1.165) is 6.42 Å². The molecule has 2 amide bonds. The van der Waals surface area contributed by atoms with Crippen molar-refractivity contribution in [1.82, 2.24) is 10.3 Å². The summed E-state index contributed by atoms with van der Waals surface area (Å²) < 4.78 is 0. The van der Waals surface area contributed by atoms with Gasteiger partial charge in [0.15, 0.2) is 0 Å². The van der Waals surface area contributed by atoms with Gasteiger partial charge >= 0.3 is 0 Å². The summed E-state index contributed by atoms with van der Waals surface area (Å²) in [7, 11) is 0. The number of carbonyl (C=O) groups is 2. The monoisotopic (exact) mass is 250 g/mol. The quantitative estimate of drug-likeness (QED) is 0.685. The van der Waals surface area contributed by atoms with Crippen molar-refractivity contribution < 1.29 is 9.59 Å². The number of nitrogens with one attached hydrogen (secondary N) is 2. The second-order valence-electron chi connectivity index (χ2n) is 3.92. The zero-order valence-corrected chi connectivity index (χ0v) is 10.6. The smallest absolute Gasteiger partial charge is 0.252 e. The Labute approximate surface area is 106 Å². The minimum atomic E-state index is -0.577. The number of primary amides is 1. The molecule has 0 spiro atoms. The van der Waals surface area contributed by atoms with Gasteiger partial charge in [-0.1, -0.05) is 6.92 Å². The van der Waals surface area contributed by atoms with Crippen LogP contribution in [0.2, 0.25) is 0 Å².